The second-order valence-electron chi connectivity index (χ2n) is 4.31. The SMILES string of the molecule is CC(Nc1ccccc1[N+](=O)[O-])c1cc(Br)ccc1F. The maximum Gasteiger partial charge on any atom is 0.292 e. The van der Waals surface area contributed by atoms with Gasteiger partial charge in [-0.15, -0.1) is 0 Å². The van der Waals surface area contributed by atoms with E-state index in [0.717, 1.165) is 4.47 Å². The van der Waals surface area contributed by atoms with Crippen molar-refractivity contribution < 1.29 is 9.31 Å². The van der Waals surface area contributed by atoms with E-state index < -0.39 is 11.0 Å². The largest absolute Gasteiger partial charge is 0.373 e. The van der Waals surface area contributed by atoms with Crippen molar-refractivity contribution in [2.45, 2.75) is 13.0 Å². The number of rotatable bonds is 4. The summed E-state index contributed by atoms with van der Waals surface area (Å²) >= 11 is 3.29. The van der Waals surface area contributed by atoms with Crippen LogP contribution in [0.25, 0.3) is 0 Å². The minimum absolute atomic E-state index is 0.0326. The summed E-state index contributed by atoms with van der Waals surface area (Å²) < 4.78 is 14.5. The van der Waals surface area contributed by atoms with Crippen LogP contribution in [0.4, 0.5) is 15.8 Å². The zero-order valence-corrected chi connectivity index (χ0v) is 12.2. The molecular formula is C14H12BrFN2O2. The number of halogens is 2. The quantitative estimate of drug-likeness (QED) is 0.651. The summed E-state index contributed by atoms with van der Waals surface area (Å²) in [7, 11) is 0. The summed E-state index contributed by atoms with van der Waals surface area (Å²) in [5, 5.41) is 13.9. The highest BCUT2D eigenvalue weighted by molar-refractivity contribution is 9.10. The van der Waals surface area contributed by atoms with Crippen LogP contribution in [0.3, 0.4) is 0 Å². The van der Waals surface area contributed by atoms with Crippen molar-refractivity contribution in [1.82, 2.24) is 0 Å². The fourth-order valence-corrected chi connectivity index (χ4v) is 2.29. The van der Waals surface area contributed by atoms with Crippen LogP contribution in [0.2, 0.25) is 0 Å². The first-order valence-corrected chi connectivity index (χ1v) is 6.73. The summed E-state index contributed by atoms with van der Waals surface area (Å²) in [6.07, 6.45) is 0. The molecule has 0 aliphatic carbocycles. The summed E-state index contributed by atoms with van der Waals surface area (Å²) in [6, 6.07) is 10.5. The third-order valence-corrected chi connectivity index (χ3v) is 3.39. The van der Waals surface area contributed by atoms with Gasteiger partial charge < -0.3 is 5.32 Å². The minimum atomic E-state index is -0.466. The smallest absolute Gasteiger partial charge is 0.292 e. The first-order chi connectivity index (χ1) is 9.49. The van der Waals surface area contributed by atoms with Crippen molar-refractivity contribution in [3.8, 4) is 0 Å². The maximum atomic E-state index is 13.8. The summed E-state index contributed by atoms with van der Waals surface area (Å²) in [5.74, 6) is -0.355. The van der Waals surface area contributed by atoms with Gasteiger partial charge in [0.15, 0.2) is 0 Å². The predicted octanol–water partition coefficient (Wildman–Crippen LogP) is 4.67. The maximum absolute atomic E-state index is 13.8. The van der Waals surface area contributed by atoms with Gasteiger partial charge in [-0.25, -0.2) is 4.39 Å². The second kappa shape index (κ2) is 6.00. The van der Waals surface area contributed by atoms with Gasteiger partial charge in [0.05, 0.1) is 11.0 Å². The van der Waals surface area contributed by atoms with Gasteiger partial charge >= 0.3 is 0 Å². The molecule has 104 valence electrons. The third-order valence-electron chi connectivity index (χ3n) is 2.90. The highest BCUT2D eigenvalue weighted by atomic mass is 79.9. The van der Waals surface area contributed by atoms with E-state index in [-0.39, 0.29) is 11.5 Å². The number of hydrogen-bond donors (Lipinski definition) is 1. The molecule has 0 saturated carbocycles. The molecule has 0 fully saturated rings. The van der Waals surface area contributed by atoms with E-state index in [0.29, 0.717) is 11.3 Å². The topological polar surface area (TPSA) is 55.2 Å². The number of para-hydroxylation sites is 2. The van der Waals surface area contributed by atoms with E-state index in [1.165, 1.54) is 12.1 Å². The predicted molar refractivity (Wildman–Crippen MR) is 79.2 cm³/mol. The molecule has 0 amide bonds. The average Bonchev–Trinajstić information content (AvgIpc) is 2.41. The zero-order chi connectivity index (χ0) is 14.7. The second-order valence-corrected chi connectivity index (χ2v) is 5.22. The van der Waals surface area contributed by atoms with Gasteiger partial charge in [-0.3, -0.25) is 10.1 Å². The van der Waals surface area contributed by atoms with Gasteiger partial charge in [-0.1, -0.05) is 28.1 Å². The molecule has 1 unspecified atom stereocenters. The van der Waals surface area contributed by atoms with Crippen LogP contribution in [0.5, 0.6) is 0 Å². The molecule has 6 heteroatoms. The van der Waals surface area contributed by atoms with Crippen LogP contribution in [0.1, 0.15) is 18.5 Å². The highest BCUT2D eigenvalue weighted by Gasteiger charge is 2.17. The van der Waals surface area contributed by atoms with Crippen molar-refractivity contribution in [2.24, 2.45) is 0 Å². The van der Waals surface area contributed by atoms with Gasteiger partial charge in [0.25, 0.3) is 5.69 Å². The van der Waals surface area contributed by atoms with E-state index >= 15 is 0 Å². The number of nitrogens with one attached hydrogen (secondary N) is 1. The lowest BCUT2D eigenvalue weighted by Crippen LogP contribution is -2.10. The molecule has 0 heterocycles. The lowest BCUT2D eigenvalue weighted by molar-refractivity contribution is -0.384. The molecule has 0 bridgehead atoms. The molecular weight excluding hydrogens is 327 g/mol. The number of nitro groups is 1. The molecule has 0 radical (unpaired) electrons. The highest BCUT2D eigenvalue weighted by Crippen LogP contribution is 2.29. The Morgan fingerprint density at radius 2 is 2.00 bits per heavy atom. The van der Waals surface area contributed by atoms with Crippen molar-refractivity contribution in [1.29, 1.82) is 0 Å². The first kappa shape index (κ1) is 14.5. The Morgan fingerprint density at radius 3 is 2.70 bits per heavy atom. The van der Waals surface area contributed by atoms with Crippen LogP contribution in [-0.2, 0) is 0 Å². The van der Waals surface area contributed by atoms with Crippen molar-refractivity contribution in [3.63, 3.8) is 0 Å². The van der Waals surface area contributed by atoms with Gasteiger partial charge in [0, 0.05) is 16.1 Å². The number of nitrogens with zero attached hydrogens (tertiary/aromatic N) is 1. The normalized spacial score (nSPS) is 11.9. The van der Waals surface area contributed by atoms with E-state index in [2.05, 4.69) is 21.2 Å². The molecule has 0 aliphatic rings. The van der Waals surface area contributed by atoms with Crippen molar-refractivity contribution in [3.05, 3.63) is 68.4 Å². The molecule has 2 rings (SSSR count). The number of benzene rings is 2. The van der Waals surface area contributed by atoms with Crippen LogP contribution >= 0.6 is 15.9 Å². The molecule has 1 N–H and O–H groups in total. The standard InChI is InChI=1S/C14H12BrFN2O2/c1-9(11-8-10(15)6-7-12(11)16)17-13-4-2-3-5-14(13)18(19)20/h2-9,17H,1H3. The van der Waals surface area contributed by atoms with Crippen molar-refractivity contribution >= 4 is 27.3 Å². The van der Waals surface area contributed by atoms with Gasteiger partial charge in [0.1, 0.15) is 11.5 Å². The molecule has 1 atom stereocenters. The average molecular weight is 339 g/mol. The zero-order valence-electron chi connectivity index (χ0n) is 10.6. The molecule has 0 aromatic heterocycles. The Morgan fingerprint density at radius 1 is 1.30 bits per heavy atom. The van der Waals surface area contributed by atoms with Gasteiger partial charge in [-0.05, 0) is 31.2 Å². The monoisotopic (exact) mass is 338 g/mol. The Labute approximate surface area is 123 Å². The molecule has 4 nitrogen and oxygen atoms in total. The Hall–Kier alpha value is -1.95. The lowest BCUT2D eigenvalue weighted by Gasteiger charge is -2.16. The number of hydrogen-bond acceptors (Lipinski definition) is 3. The first-order valence-electron chi connectivity index (χ1n) is 5.94. The van der Waals surface area contributed by atoms with Crippen LogP contribution in [-0.4, -0.2) is 4.92 Å². The summed E-state index contributed by atoms with van der Waals surface area (Å²) in [5.41, 5.74) is 0.775. The van der Waals surface area contributed by atoms with E-state index in [4.69, 9.17) is 0 Å². The fraction of sp³-hybridized carbons (Fsp3) is 0.143. The van der Waals surface area contributed by atoms with Gasteiger partial charge in [-0.2, -0.15) is 0 Å². The Balaban J connectivity index is 2.30. The molecule has 0 saturated heterocycles. The lowest BCUT2D eigenvalue weighted by atomic mass is 10.1. The fourth-order valence-electron chi connectivity index (χ4n) is 1.91. The van der Waals surface area contributed by atoms with E-state index in [1.807, 2.05) is 0 Å². The molecule has 0 aliphatic heterocycles. The van der Waals surface area contributed by atoms with E-state index in [9.17, 15) is 14.5 Å². The molecule has 2 aromatic rings. The molecule has 0 spiro atoms. The Kier molecular flexibility index (Phi) is 4.34. The summed E-state index contributed by atoms with van der Waals surface area (Å²) in [4.78, 5) is 10.5. The minimum Gasteiger partial charge on any atom is -0.373 e. The van der Waals surface area contributed by atoms with Crippen molar-refractivity contribution in [2.75, 3.05) is 5.32 Å². The Bertz CT molecular complexity index is 649. The number of nitro benzene ring substituents is 1. The van der Waals surface area contributed by atoms with Crippen LogP contribution in [0, 0.1) is 15.9 Å². The van der Waals surface area contributed by atoms with E-state index in [1.54, 1.807) is 37.3 Å². The number of anilines is 1. The third kappa shape index (κ3) is 3.14. The summed E-state index contributed by atoms with van der Waals surface area (Å²) in [6.45, 7) is 1.75. The van der Waals surface area contributed by atoms with Gasteiger partial charge in [0.2, 0.25) is 0 Å². The molecule has 2 aromatic carbocycles. The molecule has 20 heavy (non-hydrogen) atoms. The van der Waals surface area contributed by atoms with Crippen LogP contribution in [0.15, 0.2) is 46.9 Å². The van der Waals surface area contributed by atoms with Crippen LogP contribution < -0.4 is 5.32 Å².